The van der Waals surface area contributed by atoms with Gasteiger partial charge in [-0.05, 0) is 6.07 Å². The topological polar surface area (TPSA) is 50.1 Å². The van der Waals surface area contributed by atoms with E-state index in [1.165, 1.54) is 6.07 Å². The first kappa shape index (κ1) is 15.2. The lowest BCUT2D eigenvalue weighted by Gasteiger charge is -2.16. The Labute approximate surface area is 134 Å². The Morgan fingerprint density at radius 3 is 2.43 bits per heavy atom. The molecule has 0 aliphatic heterocycles. The van der Waals surface area contributed by atoms with Crippen LogP contribution in [0, 0.1) is 5.82 Å². The van der Waals surface area contributed by atoms with Crippen LogP contribution in [-0.4, -0.2) is 47.7 Å². The summed E-state index contributed by atoms with van der Waals surface area (Å²) in [6.45, 7) is 0.375. The van der Waals surface area contributed by atoms with Gasteiger partial charge in [-0.15, -0.1) is 0 Å². The van der Waals surface area contributed by atoms with Crippen LogP contribution in [0.25, 0.3) is 11.2 Å². The lowest BCUT2D eigenvalue weighted by atomic mass is 10.2. The van der Waals surface area contributed by atoms with Gasteiger partial charge in [0.2, 0.25) is 5.95 Å². The van der Waals surface area contributed by atoms with Crippen molar-refractivity contribution in [2.75, 3.05) is 38.0 Å². The highest BCUT2D eigenvalue weighted by Crippen LogP contribution is 2.24. The van der Waals surface area contributed by atoms with E-state index in [9.17, 15) is 4.39 Å². The van der Waals surface area contributed by atoms with E-state index in [2.05, 4.69) is 15.0 Å². The number of rotatable bonds is 4. The van der Waals surface area contributed by atoms with Gasteiger partial charge >= 0.3 is 0 Å². The predicted octanol–water partition coefficient (Wildman–Crippen LogP) is 2.15. The highest BCUT2D eigenvalue weighted by atomic mass is 19.1. The molecular formula is C16H19FN6. The number of anilines is 2. The van der Waals surface area contributed by atoms with Gasteiger partial charge in [-0.1, -0.05) is 18.2 Å². The normalized spacial score (nSPS) is 11.0. The van der Waals surface area contributed by atoms with Gasteiger partial charge in [-0.2, -0.15) is 9.97 Å². The summed E-state index contributed by atoms with van der Waals surface area (Å²) in [5, 5.41) is 0. The Bertz CT molecular complexity index is 840. The van der Waals surface area contributed by atoms with Crippen molar-refractivity contribution < 1.29 is 4.39 Å². The maximum Gasteiger partial charge on any atom is 0.228 e. The van der Waals surface area contributed by atoms with Crippen LogP contribution in [0.15, 0.2) is 30.6 Å². The molecular weight excluding hydrogens is 295 g/mol. The first-order valence-corrected chi connectivity index (χ1v) is 7.28. The Balaban J connectivity index is 2.13. The third kappa shape index (κ3) is 2.81. The van der Waals surface area contributed by atoms with Gasteiger partial charge in [-0.25, -0.2) is 9.37 Å². The fourth-order valence-corrected chi connectivity index (χ4v) is 2.36. The van der Waals surface area contributed by atoms with Crippen LogP contribution < -0.4 is 9.80 Å². The Morgan fingerprint density at radius 1 is 1.04 bits per heavy atom. The quantitative estimate of drug-likeness (QED) is 0.738. The zero-order chi connectivity index (χ0) is 16.6. The van der Waals surface area contributed by atoms with Gasteiger partial charge in [-0.3, -0.25) is 0 Å². The van der Waals surface area contributed by atoms with Gasteiger partial charge in [0.15, 0.2) is 17.0 Å². The largest absolute Gasteiger partial charge is 0.361 e. The molecule has 3 aromatic rings. The van der Waals surface area contributed by atoms with E-state index < -0.39 is 0 Å². The zero-order valence-electron chi connectivity index (χ0n) is 13.7. The van der Waals surface area contributed by atoms with E-state index in [1.54, 1.807) is 18.5 Å². The third-order valence-corrected chi connectivity index (χ3v) is 3.56. The smallest absolute Gasteiger partial charge is 0.228 e. The monoisotopic (exact) mass is 314 g/mol. The molecule has 0 saturated heterocycles. The molecule has 0 aliphatic carbocycles. The van der Waals surface area contributed by atoms with E-state index in [1.807, 2.05) is 48.6 Å². The van der Waals surface area contributed by atoms with Crippen LogP contribution in [0.1, 0.15) is 5.56 Å². The minimum atomic E-state index is -0.232. The van der Waals surface area contributed by atoms with Crippen molar-refractivity contribution in [1.29, 1.82) is 0 Å². The van der Waals surface area contributed by atoms with E-state index in [4.69, 9.17) is 0 Å². The zero-order valence-corrected chi connectivity index (χ0v) is 13.7. The summed E-state index contributed by atoms with van der Waals surface area (Å²) >= 11 is 0. The molecule has 0 atom stereocenters. The van der Waals surface area contributed by atoms with E-state index in [0.717, 1.165) is 5.82 Å². The number of aromatic nitrogens is 4. The summed E-state index contributed by atoms with van der Waals surface area (Å²) < 4.78 is 15.8. The van der Waals surface area contributed by atoms with E-state index >= 15 is 0 Å². The fraction of sp³-hybridized carbons (Fsp3) is 0.312. The van der Waals surface area contributed by atoms with Gasteiger partial charge < -0.3 is 14.4 Å². The summed E-state index contributed by atoms with van der Waals surface area (Å²) in [5.74, 6) is 1.10. The second-order valence-electron chi connectivity index (χ2n) is 5.77. The molecule has 3 rings (SSSR count). The molecule has 2 aromatic heterocycles. The second kappa shape index (κ2) is 5.83. The maximum atomic E-state index is 13.9. The first-order chi connectivity index (χ1) is 11.0. The molecule has 0 saturated carbocycles. The number of hydrogen-bond donors (Lipinski definition) is 0. The molecule has 0 bridgehead atoms. The highest BCUT2D eigenvalue weighted by Gasteiger charge is 2.16. The number of fused-ring (bicyclic) bond motifs is 1. The average molecular weight is 314 g/mol. The number of nitrogens with zero attached hydrogens (tertiary/aromatic N) is 6. The van der Waals surface area contributed by atoms with Crippen LogP contribution >= 0.6 is 0 Å². The molecule has 0 fully saturated rings. The molecule has 0 spiro atoms. The van der Waals surface area contributed by atoms with Crippen LogP contribution in [0.5, 0.6) is 0 Å². The van der Waals surface area contributed by atoms with Gasteiger partial charge in [0, 0.05) is 33.8 Å². The van der Waals surface area contributed by atoms with Crippen molar-refractivity contribution in [2.45, 2.75) is 6.54 Å². The summed E-state index contributed by atoms with van der Waals surface area (Å²) in [7, 11) is 7.60. The Morgan fingerprint density at radius 2 is 1.78 bits per heavy atom. The molecule has 0 amide bonds. The van der Waals surface area contributed by atoms with Crippen LogP contribution in [0.2, 0.25) is 0 Å². The van der Waals surface area contributed by atoms with Crippen molar-refractivity contribution in [2.24, 2.45) is 0 Å². The predicted molar refractivity (Wildman–Crippen MR) is 89.5 cm³/mol. The first-order valence-electron chi connectivity index (χ1n) is 7.28. The van der Waals surface area contributed by atoms with E-state index in [0.29, 0.717) is 29.2 Å². The van der Waals surface area contributed by atoms with Gasteiger partial charge in [0.1, 0.15) is 5.82 Å². The molecule has 0 unspecified atom stereocenters. The van der Waals surface area contributed by atoms with Crippen molar-refractivity contribution in [3.63, 3.8) is 0 Å². The minimum Gasteiger partial charge on any atom is -0.361 e. The molecule has 1 aromatic carbocycles. The molecule has 120 valence electrons. The summed E-state index contributed by atoms with van der Waals surface area (Å²) in [5.41, 5.74) is 2.00. The van der Waals surface area contributed by atoms with E-state index in [-0.39, 0.29) is 5.82 Å². The lowest BCUT2D eigenvalue weighted by molar-refractivity contribution is 0.601. The van der Waals surface area contributed by atoms with Crippen LogP contribution in [0.4, 0.5) is 16.2 Å². The highest BCUT2D eigenvalue weighted by molar-refractivity contribution is 5.84. The van der Waals surface area contributed by atoms with Crippen LogP contribution in [-0.2, 0) is 6.54 Å². The standard InChI is InChI=1S/C16H19FN6/c1-21(2)14-13-15(20-16(19-14)22(3)4)23(10-18-13)9-11-7-5-6-8-12(11)17/h5-8,10H,9H2,1-4H3. The molecule has 23 heavy (non-hydrogen) atoms. The summed E-state index contributed by atoms with van der Waals surface area (Å²) in [6.07, 6.45) is 1.68. The minimum absolute atomic E-state index is 0.232. The number of imidazole rings is 1. The lowest BCUT2D eigenvalue weighted by Crippen LogP contribution is -2.18. The van der Waals surface area contributed by atoms with Crippen molar-refractivity contribution in [3.05, 3.63) is 42.0 Å². The second-order valence-corrected chi connectivity index (χ2v) is 5.77. The molecule has 0 aliphatic rings. The molecule has 6 nitrogen and oxygen atoms in total. The molecule has 0 N–H and O–H groups in total. The molecule has 7 heteroatoms. The SMILES string of the molecule is CN(C)c1nc(N(C)C)c2ncn(Cc3ccccc3F)c2n1. The van der Waals surface area contributed by atoms with Crippen LogP contribution in [0.3, 0.4) is 0 Å². The molecule has 2 heterocycles. The number of benzene rings is 1. The summed E-state index contributed by atoms with van der Waals surface area (Å²) in [6, 6.07) is 6.73. The third-order valence-electron chi connectivity index (χ3n) is 3.56. The Hall–Kier alpha value is -2.70. The fourth-order valence-electron chi connectivity index (χ4n) is 2.36. The van der Waals surface area contributed by atoms with Crippen molar-refractivity contribution in [1.82, 2.24) is 19.5 Å². The molecule has 0 radical (unpaired) electrons. The Kier molecular flexibility index (Phi) is 3.85. The number of halogens is 1. The maximum absolute atomic E-state index is 13.9. The van der Waals surface area contributed by atoms with Gasteiger partial charge in [0.05, 0.1) is 12.9 Å². The average Bonchev–Trinajstić information content (AvgIpc) is 2.91. The van der Waals surface area contributed by atoms with Crippen molar-refractivity contribution in [3.8, 4) is 0 Å². The van der Waals surface area contributed by atoms with Gasteiger partial charge in [0.25, 0.3) is 0 Å². The van der Waals surface area contributed by atoms with Crippen molar-refractivity contribution >= 4 is 22.9 Å². The summed E-state index contributed by atoms with van der Waals surface area (Å²) in [4.78, 5) is 17.3. The number of hydrogen-bond acceptors (Lipinski definition) is 5.